The normalized spacial score (nSPS) is 10.8. The van der Waals surface area contributed by atoms with Gasteiger partial charge < -0.3 is 11.1 Å². The van der Waals surface area contributed by atoms with Crippen molar-refractivity contribution in [3.05, 3.63) is 52.7 Å². The van der Waals surface area contributed by atoms with E-state index in [-0.39, 0.29) is 5.91 Å². The van der Waals surface area contributed by atoms with Crippen LogP contribution in [0.5, 0.6) is 0 Å². The Morgan fingerprint density at radius 2 is 2.10 bits per heavy atom. The summed E-state index contributed by atoms with van der Waals surface area (Å²) < 4.78 is 0.918. The minimum atomic E-state index is -0.178. The molecular weight excluding hydrogens is 282 g/mol. The highest BCUT2D eigenvalue weighted by atomic mass is 32.1. The summed E-state index contributed by atoms with van der Waals surface area (Å²) in [5, 5.41) is 3.82. The van der Waals surface area contributed by atoms with E-state index in [1.807, 2.05) is 38.1 Å². The molecule has 2 heterocycles. The Labute approximate surface area is 126 Å². The molecule has 0 atom stereocenters. The van der Waals surface area contributed by atoms with E-state index in [1.165, 1.54) is 11.3 Å². The maximum atomic E-state index is 12.5. The molecule has 0 fully saturated rings. The molecule has 2 aromatic heterocycles. The van der Waals surface area contributed by atoms with E-state index in [1.54, 1.807) is 12.4 Å². The Kier molecular flexibility index (Phi) is 3.35. The van der Waals surface area contributed by atoms with Gasteiger partial charge in [0.15, 0.2) is 0 Å². The predicted molar refractivity (Wildman–Crippen MR) is 87.9 cm³/mol. The number of nitrogens with two attached hydrogens (primary N) is 1. The van der Waals surface area contributed by atoms with Crippen molar-refractivity contribution in [3.63, 3.8) is 0 Å². The molecule has 106 valence electrons. The second kappa shape index (κ2) is 5.18. The maximum Gasteiger partial charge on any atom is 0.267 e. The number of amides is 1. The van der Waals surface area contributed by atoms with Crippen molar-refractivity contribution in [1.29, 1.82) is 0 Å². The number of carbonyl (C=O) groups excluding carboxylic acids is 1. The number of benzene rings is 1. The highest BCUT2D eigenvalue weighted by Gasteiger charge is 2.17. The largest absolute Gasteiger partial charge is 0.397 e. The van der Waals surface area contributed by atoms with Gasteiger partial charge in [0, 0.05) is 23.5 Å². The van der Waals surface area contributed by atoms with E-state index in [0.29, 0.717) is 10.6 Å². The molecule has 3 N–H and O–H groups in total. The first-order valence-corrected chi connectivity index (χ1v) is 7.38. The summed E-state index contributed by atoms with van der Waals surface area (Å²) in [4.78, 5) is 17.1. The number of aromatic nitrogens is 1. The van der Waals surface area contributed by atoms with Crippen molar-refractivity contribution in [3.8, 4) is 0 Å². The first kappa shape index (κ1) is 13.6. The number of fused-ring (bicyclic) bond motifs is 1. The van der Waals surface area contributed by atoms with E-state index in [9.17, 15) is 4.79 Å². The second-order valence-electron chi connectivity index (χ2n) is 4.99. The van der Waals surface area contributed by atoms with Crippen LogP contribution >= 0.6 is 11.3 Å². The number of thiophene rings is 1. The number of pyridine rings is 1. The smallest absolute Gasteiger partial charge is 0.267 e. The maximum absolute atomic E-state index is 12.5. The van der Waals surface area contributed by atoms with Crippen molar-refractivity contribution in [2.75, 3.05) is 11.1 Å². The number of rotatable bonds is 2. The molecule has 3 aromatic rings. The van der Waals surface area contributed by atoms with Gasteiger partial charge in [-0.15, -0.1) is 11.3 Å². The monoisotopic (exact) mass is 297 g/mol. The van der Waals surface area contributed by atoms with Crippen LogP contribution in [0.1, 0.15) is 20.8 Å². The molecule has 21 heavy (non-hydrogen) atoms. The number of nitrogen functional groups attached to an aromatic ring is 1. The van der Waals surface area contributed by atoms with Crippen molar-refractivity contribution >= 4 is 38.7 Å². The van der Waals surface area contributed by atoms with E-state index in [2.05, 4.69) is 10.3 Å². The molecular formula is C16H15N3OS. The minimum absolute atomic E-state index is 0.178. The summed E-state index contributed by atoms with van der Waals surface area (Å²) >= 11 is 1.36. The fourth-order valence-electron chi connectivity index (χ4n) is 2.19. The van der Waals surface area contributed by atoms with Gasteiger partial charge in [0.2, 0.25) is 0 Å². The van der Waals surface area contributed by atoms with Crippen LogP contribution in [-0.4, -0.2) is 10.9 Å². The van der Waals surface area contributed by atoms with Crippen molar-refractivity contribution in [1.82, 2.24) is 4.98 Å². The first-order valence-electron chi connectivity index (χ1n) is 6.57. The predicted octanol–water partition coefficient (Wildman–Crippen LogP) is 3.75. The third-order valence-electron chi connectivity index (χ3n) is 3.38. The van der Waals surface area contributed by atoms with Crippen LogP contribution in [0.15, 0.2) is 36.7 Å². The van der Waals surface area contributed by atoms with E-state index in [0.717, 1.165) is 26.9 Å². The van der Waals surface area contributed by atoms with Crippen LogP contribution in [0.2, 0.25) is 0 Å². The van der Waals surface area contributed by atoms with Gasteiger partial charge in [-0.2, -0.15) is 0 Å². The zero-order valence-corrected chi connectivity index (χ0v) is 12.6. The quantitative estimate of drug-likeness (QED) is 0.757. The number of nitrogens with one attached hydrogen (secondary N) is 1. The van der Waals surface area contributed by atoms with Crippen LogP contribution in [-0.2, 0) is 0 Å². The molecule has 1 aromatic carbocycles. The fourth-order valence-corrected chi connectivity index (χ4v) is 3.17. The Morgan fingerprint density at radius 3 is 2.86 bits per heavy atom. The van der Waals surface area contributed by atoms with Crippen molar-refractivity contribution in [2.45, 2.75) is 13.8 Å². The lowest BCUT2D eigenvalue weighted by Crippen LogP contribution is -2.12. The van der Waals surface area contributed by atoms with Crippen LogP contribution in [0.25, 0.3) is 10.1 Å². The third kappa shape index (κ3) is 2.48. The average Bonchev–Trinajstić information content (AvgIpc) is 2.81. The molecule has 4 nitrogen and oxygen atoms in total. The lowest BCUT2D eigenvalue weighted by atomic mass is 10.1. The summed E-state index contributed by atoms with van der Waals surface area (Å²) in [6.07, 6.45) is 3.41. The van der Waals surface area contributed by atoms with Crippen LogP contribution in [0.3, 0.4) is 0 Å². The molecule has 0 spiro atoms. The average molecular weight is 297 g/mol. The van der Waals surface area contributed by atoms with E-state index in [4.69, 9.17) is 5.73 Å². The summed E-state index contributed by atoms with van der Waals surface area (Å²) in [6.45, 7) is 3.96. The summed E-state index contributed by atoms with van der Waals surface area (Å²) in [5.41, 5.74) is 9.54. The van der Waals surface area contributed by atoms with Gasteiger partial charge in [-0.1, -0.05) is 12.1 Å². The number of nitrogens with zero attached hydrogens (tertiary/aromatic N) is 1. The lowest BCUT2D eigenvalue weighted by molar-refractivity contribution is 0.103. The highest BCUT2D eigenvalue weighted by molar-refractivity contribution is 7.21. The molecule has 0 unspecified atom stereocenters. The zero-order valence-electron chi connectivity index (χ0n) is 11.8. The van der Waals surface area contributed by atoms with Gasteiger partial charge in [-0.05, 0) is 37.1 Å². The molecule has 0 radical (unpaired) electrons. The zero-order chi connectivity index (χ0) is 15.0. The number of hydrogen-bond donors (Lipinski definition) is 2. The number of anilines is 2. The van der Waals surface area contributed by atoms with E-state index < -0.39 is 0 Å². The molecule has 3 rings (SSSR count). The Hall–Kier alpha value is -2.40. The topological polar surface area (TPSA) is 68.0 Å². The molecule has 1 amide bonds. The molecule has 0 saturated heterocycles. The van der Waals surface area contributed by atoms with Gasteiger partial charge >= 0.3 is 0 Å². The third-order valence-corrected chi connectivity index (χ3v) is 4.53. The summed E-state index contributed by atoms with van der Waals surface area (Å²) in [5.74, 6) is -0.178. The van der Waals surface area contributed by atoms with Crippen LogP contribution < -0.4 is 11.1 Å². The fraction of sp³-hybridized carbons (Fsp3) is 0.125. The number of aryl methyl sites for hydroxylation is 2. The highest BCUT2D eigenvalue weighted by Crippen LogP contribution is 2.33. The van der Waals surface area contributed by atoms with E-state index >= 15 is 0 Å². The van der Waals surface area contributed by atoms with Gasteiger partial charge in [0.25, 0.3) is 5.91 Å². The van der Waals surface area contributed by atoms with Crippen LogP contribution in [0.4, 0.5) is 11.4 Å². The molecule has 0 bridgehead atoms. The molecule has 0 aliphatic heterocycles. The van der Waals surface area contributed by atoms with Gasteiger partial charge in [-0.3, -0.25) is 9.78 Å². The summed E-state index contributed by atoms with van der Waals surface area (Å²) in [6, 6.07) is 7.79. The Morgan fingerprint density at radius 1 is 1.29 bits per heavy atom. The molecule has 0 aliphatic carbocycles. The second-order valence-corrected chi connectivity index (χ2v) is 6.04. The molecule has 0 aliphatic rings. The summed E-state index contributed by atoms with van der Waals surface area (Å²) in [7, 11) is 0. The first-order chi connectivity index (χ1) is 10.1. The standard InChI is InChI=1S/C16H15N3OS/c1-9-3-4-10(2)12(7-9)19-16(20)15-14(17)11-5-6-18-8-13(11)21-15/h3-8H,17H2,1-2H3,(H,19,20). The number of carbonyl (C=O) groups is 1. The SMILES string of the molecule is Cc1ccc(C)c(NC(=O)c2sc3cnccc3c2N)c1. The Bertz CT molecular complexity index is 839. The molecule has 0 saturated carbocycles. The van der Waals surface area contributed by atoms with Gasteiger partial charge in [0.05, 0.1) is 10.4 Å². The Balaban J connectivity index is 1.97. The van der Waals surface area contributed by atoms with Crippen LogP contribution in [0, 0.1) is 13.8 Å². The molecule has 5 heteroatoms. The van der Waals surface area contributed by atoms with Gasteiger partial charge in [-0.25, -0.2) is 0 Å². The lowest BCUT2D eigenvalue weighted by Gasteiger charge is -2.08. The van der Waals surface area contributed by atoms with Crippen molar-refractivity contribution in [2.24, 2.45) is 0 Å². The van der Waals surface area contributed by atoms with Gasteiger partial charge in [0.1, 0.15) is 4.88 Å². The number of hydrogen-bond acceptors (Lipinski definition) is 4. The minimum Gasteiger partial charge on any atom is -0.397 e. The van der Waals surface area contributed by atoms with Crippen molar-refractivity contribution < 1.29 is 4.79 Å².